The largest absolute Gasteiger partial charge is 0.340 e. The van der Waals surface area contributed by atoms with E-state index < -0.39 is 6.04 Å². The van der Waals surface area contributed by atoms with Crippen molar-refractivity contribution in [3.05, 3.63) is 41.5 Å². The molecule has 3 heterocycles. The first-order valence-corrected chi connectivity index (χ1v) is 8.60. The maximum absolute atomic E-state index is 13.2. The third-order valence-corrected chi connectivity index (χ3v) is 5.28. The van der Waals surface area contributed by atoms with Crippen LogP contribution in [0.3, 0.4) is 0 Å². The van der Waals surface area contributed by atoms with E-state index in [9.17, 15) is 9.18 Å². The summed E-state index contributed by atoms with van der Waals surface area (Å²) in [5.41, 5.74) is 0.885. The molecule has 0 radical (unpaired) electrons. The van der Waals surface area contributed by atoms with Gasteiger partial charge in [-0.2, -0.15) is 0 Å². The maximum atomic E-state index is 13.2. The molecule has 1 aromatic carbocycles. The summed E-state index contributed by atoms with van der Waals surface area (Å²) in [6.07, 6.45) is 0.440. The van der Waals surface area contributed by atoms with Crippen LogP contribution in [0.2, 0.25) is 0 Å². The van der Waals surface area contributed by atoms with Gasteiger partial charge < -0.3 is 10.2 Å². The molecule has 0 saturated carbocycles. The first-order chi connectivity index (χ1) is 12.1. The molecular formula is C17H22ClFN6O. The summed E-state index contributed by atoms with van der Waals surface area (Å²) >= 11 is 0. The Hall–Kier alpha value is -2.06. The van der Waals surface area contributed by atoms with Gasteiger partial charge in [0.15, 0.2) is 0 Å². The second-order valence-corrected chi connectivity index (χ2v) is 6.94. The topological polar surface area (TPSA) is 75.9 Å². The Balaban J connectivity index is 0.00000196. The van der Waals surface area contributed by atoms with Crippen LogP contribution in [-0.2, 0) is 11.2 Å². The lowest BCUT2D eigenvalue weighted by atomic mass is 10.0. The lowest BCUT2D eigenvalue weighted by molar-refractivity contribution is -0.134. The van der Waals surface area contributed by atoms with E-state index in [4.69, 9.17) is 0 Å². The van der Waals surface area contributed by atoms with E-state index in [1.165, 1.54) is 12.1 Å². The number of likely N-dealkylation sites (tertiary alicyclic amines) is 1. The molecule has 2 saturated heterocycles. The summed E-state index contributed by atoms with van der Waals surface area (Å²) in [5.74, 6) is 1.41. The highest BCUT2D eigenvalue weighted by Crippen LogP contribution is 2.29. The Kier molecular flexibility index (Phi) is 5.52. The van der Waals surface area contributed by atoms with Gasteiger partial charge >= 0.3 is 0 Å². The maximum Gasteiger partial charge on any atom is 0.247 e. The minimum atomic E-state index is -0.507. The number of carbonyl (C=O) groups is 1. The molecule has 0 aliphatic carbocycles. The number of benzene rings is 1. The summed E-state index contributed by atoms with van der Waals surface area (Å²) < 4.78 is 14.8. The highest BCUT2D eigenvalue weighted by atomic mass is 35.5. The zero-order valence-electron chi connectivity index (χ0n) is 14.5. The first-order valence-electron chi connectivity index (χ1n) is 8.60. The van der Waals surface area contributed by atoms with Crippen LogP contribution in [0.5, 0.6) is 0 Å². The third kappa shape index (κ3) is 3.57. The van der Waals surface area contributed by atoms with Crippen LogP contribution in [0.4, 0.5) is 4.39 Å². The van der Waals surface area contributed by atoms with Gasteiger partial charge in [0.25, 0.3) is 0 Å². The fourth-order valence-electron chi connectivity index (χ4n) is 3.89. The quantitative estimate of drug-likeness (QED) is 0.856. The number of nitrogens with one attached hydrogen (secondary N) is 1. The van der Waals surface area contributed by atoms with E-state index >= 15 is 0 Å². The summed E-state index contributed by atoms with van der Waals surface area (Å²) in [6.45, 7) is 5.28. The number of hydrogen-bond acceptors (Lipinski definition) is 5. The second kappa shape index (κ2) is 7.67. The van der Waals surface area contributed by atoms with Gasteiger partial charge in [0.05, 0.1) is 0 Å². The van der Waals surface area contributed by atoms with Crippen LogP contribution < -0.4 is 5.32 Å². The zero-order chi connectivity index (χ0) is 17.4. The van der Waals surface area contributed by atoms with Crippen molar-refractivity contribution in [3.8, 4) is 0 Å². The molecule has 3 atom stereocenters. The van der Waals surface area contributed by atoms with E-state index in [0.29, 0.717) is 24.1 Å². The average molecular weight is 381 g/mol. The van der Waals surface area contributed by atoms with Gasteiger partial charge in [-0.1, -0.05) is 12.1 Å². The number of aryl methyl sites for hydroxylation is 1. The molecular weight excluding hydrogens is 359 g/mol. The predicted molar refractivity (Wildman–Crippen MR) is 95.4 cm³/mol. The lowest BCUT2D eigenvalue weighted by Crippen LogP contribution is -2.39. The van der Waals surface area contributed by atoms with E-state index in [2.05, 4.69) is 20.8 Å². The Morgan fingerprint density at radius 1 is 1.27 bits per heavy atom. The fraction of sp³-hybridized carbons (Fsp3) is 0.529. The molecule has 1 unspecified atom stereocenters. The van der Waals surface area contributed by atoms with Crippen LogP contribution in [0, 0.1) is 24.6 Å². The third-order valence-electron chi connectivity index (χ3n) is 5.28. The van der Waals surface area contributed by atoms with Crippen LogP contribution in [0.1, 0.15) is 17.4 Å². The van der Waals surface area contributed by atoms with Crippen molar-refractivity contribution in [3.63, 3.8) is 0 Å². The van der Waals surface area contributed by atoms with Gasteiger partial charge in [-0.3, -0.25) is 4.79 Å². The number of aromatic nitrogens is 4. The van der Waals surface area contributed by atoms with E-state index in [1.807, 2.05) is 4.90 Å². The number of carbonyl (C=O) groups excluding carboxylic acids is 1. The van der Waals surface area contributed by atoms with Crippen LogP contribution in [-0.4, -0.2) is 57.2 Å². The Bertz CT molecular complexity index is 755. The molecule has 0 bridgehead atoms. The molecule has 4 rings (SSSR count). The Labute approximate surface area is 157 Å². The molecule has 2 aliphatic rings. The minimum Gasteiger partial charge on any atom is -0.340 e. The van der Waals surface area contributed by atoms with Crippen molar-refractivity contribution < 1.29 is 9.18 Å². The lowest BCUT2D eigenvalue weighted by Gasteiger charge is -2.24. The van der Waals surface area contributed by atoms with Crippen molar-refractivity contribution in [1.29, 1.82) is 0 Å². The van der Waals surface area contributed by atoms with Crippen molar-refractivity contribution in [2.24, 2.45) is 11.8 Å². The van der Waals surface area contributed by atoms with E-state index in [0.717, 1.165) is 31.7 Å². The number of hydrogen-bond donors (Lipinski definition) is 1. The van der Waals surface area contributed by atoms with Crippen molar-refractivity contribution in [1.82, 2.24) is 30.4 Å². The van der Waals surface area contributed by atoms with Gasteiger partial charge in [0.1, 0.15) is 17.7 Å². The first kappa shape index (κ1) is 18.7. The monoisotopic (exact) mass is 380 g/mol. The predicted octanol–water partition coefficient (Wildman–Crippen LogP) is 1.00. The average Bonchev–Trinajstić information content (AvgIpc) is 3.29. The van der Waals surface area contributed by atoms with Gasteiger partial charge in [0.2, 0.25) is 5.91 Å². The molecule has 140 valence electrons. The van der Waals surface area contributed by atoms with Gasteiger partial charge in [0, 0.05) is 32.6 Å². The standard InChI is InChI=1S/C17H21FN6O.ClH/c1-11-20-21-22-24(11)16(6-12-2-4-15(18)5-3-12)17(25)23-9-13-7-19-8-14(13)10-23;/h2-5,13-14,16,19H,6-10H2,1H3;1H/t13-,14+,16?;. The van der Waals surface area contributed by atoms with Crippen LogP contribution in [0.15, 0.2) is 24.3 Å². The number of tetrazole rings is 1. The molecule has 2 aliphatic heterocycles. The van der Waals surface area contributed by atoms with Gasteiger partial charge in [-0.15, -0.1) is 17.5 Å². The van der Waals surface area contributed by atoms with Gasteiger partial charge in [-0.25, -0.2) is 9.07 Å². The molecule has 1 N–H and O–H groups in total. The number of halogens is 2. The fourth-order valence-corrected chi connectivity index (χ4v) is 3.89. The zero-order valence-corrected chi connectivity index (χ0v) is 15.3. The molecule has 2 aromatic rings. The summed E-state index contributed by atoms with van der Waals surface area (Å²) in [4.78, 5) is 15.1. The molecule has 9 heteroatoms. The normalized spacial score (nSPS) is 22.8. The number of amides is 1. The number of fused-ring (bicyclic) bond motifs is 1. The molecule has 2 fully saturated rings. The molecule has 7 nitrogen and oxygen atoms in total. The molecule has 1 amide bonds. The van der Waals surface area contributed by atoms with Gasteiger partial charge in [-0.05, 0) is 46.9 Å². The summed E-state index contributed by atoms with van der Waals surface area (Å²) in [6, 6.07) is 5.73. The van der Waals surface area contributed by atoms with E-state index in [1.54, 1.807) is 23.7 Å². The summed E-state index contributed by atoms with van der Waals surface area (Å²) in [7, 11) is 0. The molecule has 26 heavy (non-hydrogen) atoms. The van der Waals surface area contributed by atoms with E-state index in [-0.39, 0.29) is 24.1 Å². The van der Waals surface area contributed by atoms with Crippen LogP contribution >= 0.6 is 12.4 Å². The Morgan fingerprint density at radius 3 is 2.50 bits per heavy atom. The Morgan fingerprint density at radius 2 is 1.92 bits per heavy atom. The highest BCUT2D eigenvalue weighted by molar-refractivity contribution is 5.85. The minimum absolute atomic E-state index is 0. The smallest absolute Gasteiger partial charge is 0.247 e. The van der Waals surface area contributed by atoms with Crippen LogP contribution in [0.25, 0.3) is 0 Å². The number of nitrogens with zero attached hydrogens (tertiary/aromatic N) is 5. The molecule has 1 aromatic heterocycles. The molecule has 0 spiro atoms. The van der Waals surface area contributed by atoms with Crippen molar-refractivity contribution >= 4 is 18.3 Å². The highest BCUT2D eigenvalue weighted by Gasteiger charge is 2.40. The SMILES string of the molecule is Cc1nnnn1C(Cc1ccc(F)cc1)C(=O)N1C[C@H]2CNC[C@H]2C1.Cl. The van der Waals surface area contributed by atoms with Crippen molar-refractivity contribution in [2.45, 2.75) is 19.4 Å². The summed E-state index contributed by atoms with van der Waals surface area (Å²) in [5, 5.41) is 15.0. The second-order valence-electron chi connectivity index (χ2n) is 6.94. The number of rotatable bonds is 4. The van der Waals surface area contributed by atoms with Crippen molar-refractivity contribution in [2.75, 3.05) is 26.2 Å².